The second-order valence-electron chi connectivity index (χ2n) is 5.32. The minimum Gasteiger partial charge on any atom is -0.391 e. The van der Waals surface area contributed by atoms with Crippen molar-refractivity contribution >= 4 is 5.91 Å². The molecule has 0 aromatic rings. The van der Waals surface area contributed by atoms with Crippen LogP contribution in [0.25, 0.3) is 0 Å². The van der Waals surface area contributed by atoms with E-state index in [9.17, 15) is 9.90 Å². The summed E-state index contributed by atoms with van der Waals surface area (Å²) in [5, 5.41) is 15.8. The standard InChI is InChI=1S/C12H24N2O2/c1-5-12(7-6-8-13-12)10(16)14-11(3,4)9(2)15/h9,13,15H,5-8H2,1-4H3,(H,14,16). The molecule has 1 aliphatic rings. The predicted molar refractivity (Wildman–Crippen MR) is 64.2 cm³/mol. The Kier molecular flexibility index (Phi) is 3.97. The Morgan fingerprint density at radius 3 is 2.62 bits per heavy atom. The van der Waals surface area contributed by atoms with Crippen LogP contribution in [0.3, 0.4) is 0 Å². The second-order valence-corrected chi connectivity index (χ2v) is 5.32. The van der Waals surface area contributed by atoms with E-state index < -0.39 is 17.2 Å². The molecule has 94 valence electrons. The number of aliphatic hydroxyl groups excluding tert-OH is 1. The zero-order valence-corrected chi connectivity index (χ0v) is 10.8. The van der Waals surface area contributed by atoms with Gasteiger partial charge in [0.2, 0.25) is 5.91 Å². The van der Waals surface area contributed by atoms with Crippen molar-refractivity contribution in [3.8, 4) is 0 Å². The lowest BCUT2D eigenvalue weighted by molar-refractivity contribution is -0.130. The Hall–Kier alpha value is -0.610. The second kappa shape index (κ2) is 4.72. The maximum Gasteiger partial charge on any atom is 0.240 e. The summed E-state index contributed by atoms with van der Waals surface area (Å²) in [6.45, 7) is 8.30. The van der Waals surface area contributed by atoms with Gasteiger partial charge in [-0.25, -0.2) is 0 Å². The van der Waals surface area contributed by atoms with Crippen LogP contribution < -0.4 is 10.6 Å². The van der Waals surface area contributed by atoms with Gasteiger partial charge in [-0.3, -0.25) is 4.79 Å². The molecule has 2 atom stereocenters. The van der Waals surface area contributed by atoms with Crippen LogP contribution in [0.5, 0.6) is 0 Å². The third-order valence-corrected chi connectivity index (χ3v) is 3.76. The molecule has 0 aliphatic carbocycles. The van der Waals surface area contributed by atoms with Gasteiger partial charge >= 0.3 is 0 Å². The molecule has 0 bridgehead atoms. The number of carbonyl (C=O) groups excluding carboxylic acids is 1. The molecule has 1 fully saturated rings. The number of hydrogen-bond acceptors (Lipinski definition) is 3. The minimum atomic E-state index is -0.580. The van der Waals surface area contributed by atoms with E-state index in [2.05, 4.69) is 10.6 Å². The topological polar surface area (TPSA) is 61.4 Å². The summed E-state index contributed by atoms with van der Waals surface area (Å²) >= 11 is 0. The lowest BCUT2D eigenvalue weighted by atomic mass is 9.90. The van der Waals surface area contributed by atoms with Crippen LogP contribution in [0.15, 0.2) is 0 Å². The maximum atomic E-state index is 12.2. The summed E-state index contributed by atoms with van der Waals surface area (Å²) in [7, 11) is 0. The van der Waals surface area contributed by atoms with E-state index in [1.165, 1.54) is 0 Å². The van der Waals surface area contributed by atoms with Gasteiger partial charge in [-0.05, 0) is 46.6 Å². The highest BCUT2D eigenvalue weighted by Crippen LogP contribution is 2.24. The van der Waals surface area contributed by atoms with Crippen LogP contribution in [-0.2, 0) is 4.79 Å². The van der Waals surface area contributed by atoms with Gasteiger partial charge in [0.1, 0.15) is 0 Å². The molecule has 0 saturated carbocycles. The number of carbonyl (C=O) groups is 1. The summed E-state index contributed by atoms with van der Waals surface area (Å²) in [6, 6.07) is 0. The fraction of sp³-hybridized carbons (Fsp3) is 0.917. The Labute approximate surface area is 97.8 Å². The van der Waals surface area contributed by atoms with E-state index in [-0.39, 0.29) is 5.91 Å². The number of rotatable bonds is 4. The molecule has 0 radical (unpaired) electrons. The fourth-order valence-electron chi connectivity index (χ4n) is 1.98. The van der Waals surface area contributed by atoms with Crippen LogP contribution in [0, 0.1) is 0 Å². The Balaban J connectivity index is 2.70. The largest absolute Gasteiger partial charge is 0.391 e. The molecule has 4 nitrogen and oxygen atoms in total. The molecule has 1 aliphatic heterocycles. The summed E-state index contributed by atoms with van der Waals surface area (Å²) in [4.78, 5) is 12.2. The van der Waals surface area contributed by atoms with Gasteiger partial charge in [0, 0.05) is 0 Å². The molecular formula is C12H24N2O2. The zero-order valence-electron chi connectivity index (χ0n) is 10.8. The van der Waals surface area contributed by atoms with Gasteiger partial charge in [-0.2, -0.15) is 0 Å². The number of hydrogen-bond donors (Lipinski definition) is 3. The monoisotopic (exact) mass is 228 g/mol. The van der Waals surface area contributed by atoms with Gasteiger partial charge in [-0.15, -0.1) is 0 Å². The average Bonchev–Trinajstić information content (AvgIpc) is 2.66. The summed E-state index contributed by atoms with van der Waals surface area (Å²) in [6.07, 6.45) is 2.14. The molecule has 0 aromatic heterocycles. The van der Waals surface area contributed by atoms with Crippen molar-refractivity contribution in [2.75, 3.05) is 6.54 Å². The Morgan fingerprint density at radius 2 is 2.25 bits per heavy atom. The van der Waals surface area contributed by atoms with E-state index in [1.807, 2.05) is 20.8 Å². The lowest BCUT2D eigenvalue weighted by Crippen LogP contribution is -2.60. The first-order chi connectivity index (χ1) is 7.34. The van der Waals surface area contributed by atoms with Crippen molar-refractivity contribution in [3.63, 3.8) is 0 Å². The lowest BCUT2D eigenvalue weighted by Gasteiger charge is -2.35. The van der Waals surface area contributed by atoms with Crippen LogP contribution in [0.2, 0.25) is 0 Å². The fourth-order valence-corrected chi connectivity index (χ4v) is 1.98. The third kappa shape index (κ3) is 2.55. The first-order valence-electron chi connectivity index (χ1n) is 6.10. The molecule has 4 heteroatoms. The van der Waals surface area contributed by atoms with E-state index in [1.54, 1.807) is 6.92 Å². The molecule has 1 saturated heterocycles. The van der Waals surface area contributed by atoms with Gasteiger partial charge in [-0.1, -0.05) is 6.92 Å². The van der Waals surface area contributed by atoms with Crippen molar-refractivity contribution in [2.45, 2.75) is 64.1 Å². The average molecular weight is 228 g/mol. The molecule has 0 spiro atoms. The van der Waals surface area contributed by atoms with Crippen molar-refractivity contribution < 1.29 is 9.90 Å². The van der Waals surface area contributed by atoms with Crippen LogP contribution >= 0.6 is 0 Å². The van der Waals surface area contributed by atoms with Gasteiger partial charge in [0.15, 0.2) is 0 Å². The molecule has 1 amide bonds. The first-order valence-corrected chi connectivity index (χ1v) is 6.10. The van der Waals surface area contributed by atoms with Crippen molar-refractivity contribution in [1.29, 1.82) is 0 Å². The van der Waals surface area contributed by atoms with Crippen LogP contribution in [-0.4, -0.2) is 34.7 Å². The summed E-state index contributed by atoms with van der Waals surface area (Å²) < 4.78 is 0. The predicted octanol–water partition coefficient (Wildman–Crippen LogP) is 0.794. The molecule has 0 aromatic carbocycles. The normalized spacial score (nSPS) is 27.8. The smallest absolute Gasteiger partial charge is 0.240 e. The molecule has 3 N–H and O–H groups in total. The Morgan fingerprint density at radius 1 is 1.62 bits per heavy atom. The van der Waals surface area contributed by atoms with Gasteiger partial charge in [0.25, 0.3) is 0 Å². The minimum absolute atomic E-state index is 0.0124. The summed E-state index contributed by atoms with van der Waals surface area (Å²) in [5.41, 5.74) is -1.00. The van der Waals surface area contributed by atoms with E-state index in [4.69, 9.17) is 0 Å². The number of amides is 1. The van der Waals surface area contributed by atoms with Gasteiger partial charge < -0.3 is 15.7 Å². The quantitative estimate of drug-likeness (QED) is 0.667. The molecular weight excluding hydrogens is 204 g/mol. The van der Waals surface area contributed by atoms with Crippen LogP contribution in [0.1, 0.15) is 47.0 Å². The maximum absolute atomic E-state index is 12.2. The van der Waals surface area contributed by atoms with E-state index in [0.29, 0.717) is 0 Å². The SMILES string of the molecule is CCC1(C(=O)NC(C)(C)C(C)O)CCCN1. The molecule has 2 unspecified atom stereocenters. The van der Waals surface area contributed by atoms with Crippen molar-refractivity contribution in [1.82, 2.24) is 10.6 Å². The molecule has 1 heterocycles. The zero-order chi connectivity index (χ0) is 12.4. The van der Waals surface area contributed by atoms with Crippen LogP contribution in [0.4, 0.5) is 0 Å². The highest BCUT2D eigenvalue weighted by Gasteiger charge is 2.41. The highest BCUT2D eigenvalue weighted by atomic mass is 16.3. The third-order valence-electron chi connectivity index (χ3n) is 3.76. The van der Waals surface area contributed by atoms with Crippen molar-refractivity contribution in [3.05, 3.63) is 0 Å². The number of nitrogens with one attached hydrogen (secondary N) is 2. The molecule has 16 heavy (non-hydrogen) atoms. The van der Waals surface area contributed by atoms with Gasteiger partial charge in [0.05, 0.1) is 17.2 Å². The Bertz CT molecular complexity index is 256. The van der Waals surface area contributed by atoms with E-state index >= 15 is 0 Å². The summed E-state index contributed by atoms with van der Waals surface area (Å²) in [5.74, 6) is 0.0124. The highest BCUT2D eigenvalue weighted by molar-refractivity contribution is 5.87. The van der Waals surface area contributed by atoms with E-state index in [0.717, 1.165) is 25.8 Å². The molecule has 1 rings (SSSR count). The van der Waals surface area contributed by atoms with Crippen molar-refractivity contribution in [2.24, 2.45) is 0 Å². The number of aliphatic hydroxyl groups is 1. The first kappa shape index (κ1) is 13.5.